The number of hydrogen-bond acceptors (Lipinski definition) is 4. The van der Waals surface area contributed by atoms with Gasteiger partial charge in [-0.2, -0.15) is 0 Å². The lowest BCUT2D eigenvalue weighted by Crippen LogP contribution is -2.29. The predicted octanol–water partition coefficient (Wildman–Crippen LogP) is 5.49. The number of carbonyl (C=O) groups is 2. The van der Waals surface area contributed by atoms with E-state index in [1.54, 1.807) is 72.8 Å². The van der Waals surface area contributed by atoms with Crippen LogP contribution in [0.5, 0.6) is 0 Å². The summed E-state index contributed by atoms with van der Waals surface area (Å²) in [5.74, 6) is -0.741. The zero-order valence-electron chi connectivity index (χ0n) is 20.6. The van der Waals surface area contributed by atoms with Gasteiger partial charge in [0, 0.05) is 17.1 Å². The molecule has 0 fully saturated rings. The molecule has 0 radical (unpaired) electrons. The van der Waals surface area contributed by atoms with Crippen molar-refractivity contribution in [1.82, 2.24) is 5.32 Å². The molecule has 0 aromatic heterocycles. The van der Waals surface area contributed by atoms with Crippen LogP contribution >= 0.6 is 11.6 Å². The minimum atomic E-state index is -3.59. The van der Waals surface area contributed by atoms with Crippen LogP contribution in [-0.4, -0.2) is 26.5 Å². The van der Waals surface area contributed by atoms with Crippen LogP contribution in [0, 0.1) is 0 Å². The number of nitrogens with zero attached hydrogens (tertiary/aromatic N) is 1. The highest BCUT2D eigenvalue weighted by molar-refractivity contribution is 7.92. The zero-order valence-corrected chi connectivity index (χ0v) is 22.2. The van der Waals surface area contributed by atoms with E-state index in [-0.39, 0.29) is 12.5 Å². The summed E-state index contributed by atoms with van der Waals surface area (Å²) in [5.41, 5.74) is 3.16. The summed E-state index contributed by atoms with van der Waals surface area (Å²) in [6.07, 6.45) is 1.13. The first-order valence-corrected chi connectivity index (χ1v) is 14.0. The third kappa shape index (κ3) is 7.00. The van der Waals surface area contributed by atoms with Crippen LogP contribution in [0.3, 0.4) is 0 Å². The summed E-state index contributed by atoms with van der Waals surface area (Å²) in [5, 5.41) is 6.21. The number of para-hydroxylation sites is 1. The molecule has 7 nitrogen and oxygen atoms in total. The molecular weight excluding hydrogens is 522 g/mol. The smallest absolute Gasteiger partial charge is 0.255 e. The van der Waals surface area contributed by atoms with Crippen LogP contribution in [-0.2, 0) is 23.1 Å². The monoisotopic (exact) mass is 547 g/mol. The second-order valence-corrected chi connectivity index (χ2v) is 11.0. The van der Waals surface area contributed by atoms with Crippen molar-refractivity contribution in [2.75, 3.05) is 15.9 Å². The molecule has 0 saturated heterocycles. The van der Waals surface area contributed by atoms with Crippen LogP contribution in [0.15, 0.2) is 103 Å². The fraction of sp³-hybridized carbons (Fsp3) is 0.103. The molecular formula is C29H26ClN3O4S. The van der Waals surface area contributed by atoms with E-state index in [0.29, 0.717) is 34.1 Å². The van der Waals surface area contributed by atoms with Crippen molar-refractivity contribution in [2.24, 2.45) is 0 Å². The van der Waals surface area contributed by atoms with Crippen molar-refractivity contribution in [1.29, 1.82) is 0 Å². The Morgan fingerprint density at radius 1 is 0.763 bits per heavy atom. The third-order valence-corrected chi connectivity index (χ3v) is 7.17. The van der Waals surface area contributed by atoms with Gasteiger partial charge in [-0.15, -0.1) is 0 Å². The standard InChI is InChI=1S/C29H26ClN3O4S/c1-38(36,37)33(20-22-11-15-24(30)16-12-22)25-17-13-23(14-18-25)28(34)32-27-10-6-5-9-26(27)29(35)31-19-21-7-3-2-4-8-21/h2-18H,19-20H2,1H3,(H,31,35)(H,32,34). The highest BCUT2D eigenvalue weighted by atomic mass is 35.5. The van der Waals surface area contributed by atoms with Gasteiger partial charge >= 0.3 is 0 Å². The number of anilines is 2. The van der Waals surface area contributed by atoms with E-state index in [4.69, 9.17) is 11.6 Å². The molecule has 2 N–H and O–H groups in total. The average Bonchev–Trinajstić information content (AvgIpc) is 2.92. The summed E-state index contributed by atoms with van der Waals surface area (Å²) in [6, 6.07) is 29.4. The van der Waals surface area contributed by atoms with E-state index in [9.17, 15) is 18.0 Å². The number of rotatable bonds is 9. The van der Waals surface area contributed by atoms with E-state index in [1.807, 2.05) is 30.3 Å². The van der Waals surface area contributed by atoms with Crippen molar-refractivity contribution in [3.63, 3.8) is 0 Å². The van der Waals surface area contributed by atoms with Gasteiger partial charge in [0.05, 0.1) is 29.7 Å². The molecule has 0 unspecified atom stereocenters. The Balaban J connectivity index is 1.47. The molecule has 0 spiro atoms. The molecule has 0 atom stereocenters. The molecule has 9 heteroatoms. The molecule has 0 aliphatic heterocycles. The number of nitrogens with one attached hydrogen (secondary N) is 2. The fourth-order valence-electron chi connectivity index (χ4n) is 3.79. The Morgan fingerprint density at radius 3 is 2.05 bits per heavy atom. The van der Waals surface area contributed by atoms with Crippen LogP contribution in [0.4, 0.5) is 11.4 Å². The van der Waals surface area contributed by atoms with Crippen LogP contribution in [0.2, 0.25) is 5.02 Å². The predicted molar refractivity (Wildman–Crippen MR) is 151 cm³/mol. The Bertz CT molecular complexity index is 1520. The van der Waals surface area contributed by atoms with Gasteiger partial charge in [-0.1, -0.05) is 66.2 Å². The van der Waals surface area contributed by atoms with Gasteiger partial charge in [0.2, 0.25) is 10.0 Å². The van der Waals surface area contributed by atoms with Gasteiger partial charge in [-0.05, 0) is 59.7 Å². The third-order valence-electron chi connectivity index (χ3n) is 5.77. The quantitative estimate of drug-likeness (QED) is 0.290. The first kappa shape index (κ1) is 26.9. The van der Waals surface area contributed by atoms with Crippen LogP contribution < -0.4 is 14.9 Å². The molecule has 0 bridgehead atoms. The number of amides is 2. The van der Waals surface area contributed by atoms with Crippen molar-refractivity contribution in [2.45, 2.75) is 13.1 Å². The van der Waals surface area contributed by atoms with Gasteiger partial charge < -0.3 is 10.6 Å². The topological polar surface area (TPSA) is 95.6 Å². The second-order valence-electron chi connectivity index (χ2n) is 8.61. The highest BCUT2D eigenvalue weighted by Crippen LogP contribution is 2.23. The second kappa shape index (κ2) is 11.9. The van der Waals surface area contributed by atoms with Crippen molar-refractivity contribution in [3.05, 3.63) is 130 Å². The Morgan fingerprint density at radius 2 is 1.39 bits per heavy atom. The number of benzene rings is 4. The maximum atomic E-state index is 13.0. The number of hydrogen-bond donors (Lipinski definition) is 2. The maximum absolute atomic E-state index is 13.0. The number of halogens is 1. The Labute approximate surface area is 227 Å². The first-order chi connectivity index (χ1) is 18.2. The van der Waals surface area contributed by atoms with Gasteiger partial charge in [0.25, 0.3) is 11.8 Å². The molecule has 4 aromatic rings. The maximum Gasteiger partial charge on any atom is 0.255 e. The summed E-state index contributed by atoms with van der Waals surface area (Å²) >= 11 is 5.94. The largest absolute Gasteiger partial charge is 0.348 e. The molecule has 0 heterocycles. The first-order valence-electron chi connectivity index (χ1n) is 11.8. The summed E-state index contributed by atoms with van der Waals surface area (Å²) < 4.78 is 26.2. The van der Waals surface area contributed by atoms with Crippen molar-refractivity contribution < 1.29 is 18.0 Å². The molecule has 0 saturated carbocycles. The minimum Gasteiger partial charge on any atom is -0.348 e. The number of sulfonamides is 1. The fourth-order valence-corrected chi connectivity index (χ4v) is 4.81. The molecule has 0 aliphatic rings. The van der Waals surface area contributed by atoms with E-state index in [2.05, 4.69) is 10.6 Å². The lowest BCUT2D eigenvalue weighted by molar-refractivity contribution is 0.0951. The van der Waals surface area contributed by atoms with Crippen LogP contribution in [0.25, 0.3) is 0 Å². The van der Waals surface area contributed by atoms with Crippen LogP contribution in [0.1, 0.15) is 31.8 Å². The van der Waals surface area contributed by atoms with E-state index >= 15 is 0 Å². The highest BCUT2D eigenvalue weighted by Gasteiger charge is 2.19. The normalized spacial score (nSPS) is 11.0. The van der Waals surface area contributed by atoms with E-state index in [0.717, 1.165) is 17.4 Å². The van der Waals surface area contributed by atoms with E-state index < -0.39 is 15.9 Å². The minimum absolute atomic E-state index is 0.118. The Kier molecular flexibility index (Phi) is 8.45. The van der Waals surface area contributed by atoms with Gasteiger partial charge in [0.1, 0.15) is 0 Å². The summed E-state index contributed by atoms with van der Waals surface area (Å²) in [7, 11) is -3.59. The van der Waals surface area contributed by atoms with Crippen molar-refractivity contribution >= 4 is 44.8 Å². The molecule has 38 heavy (non-hydrogen) atoms. The molecule has 2 amide bonds. The molecule has 194 valence electrons. The zero-order chi connectivity index (χ0) is 27.1. The molecule has 4 rings (SSSR count). The summed E-state index contributed by atoms with van der Waals surface area (Å²) in [4.78, 5) is 25.8. The SMILES string of the molecule is CS(=O)(=O)N(Cc1ccc(Cl)cc1)c1ccc(C(=O)Nc2ccccc2C(=O)NCc2ccccc2)cc1. The van der Waals surface area contributed by atoms with E-state index in [1.165, 1.54) is 4.31 Å². The molecule has 4 aromatic carbocycles. The van der Waals surface area contributed by atoms with Gasteiger partial charge in [-0.3, -0.25) is 13.9 Å². The molecule has 0 aliphatic carbocycles. The lowest BCUT2D eigenvalue weighted by atomic mass is 10.1. The number of carbonyl (C=O) groups excluding carboxylic acids is 2. The van der Waals surface area contributed by atoms with Crippen molar-refractivity contribution in [3.8, 4) is 0 Å². The lowest BCUT2D eigenvalue weighted by Gasteiger charge is -2.23. The summed E-state index contributed by atoms with van der Waals surface area (Å²) in [6.45, 7) is 0.475. The van der Waals surface area contributed by atoms with Gasteiger partial charge in [0.15, 0.2) is 0 Å². The average molecular weight is 548 g/mol. The van der Waals surface area contributed by atoms with Gasteiger partial charge in [-0.25, -0.2) is 8.42 Å². The Hall–Kier alpha value is -4.14.